The molecule has 0 spiro atoms. The number of hydrogen-bond acceptors (Lipinski definition) is 3. The van der Waals surface area contributed by atoms with Gasteiger partial charge in [-0.05, 0) is 107 Å². The first kappa shape index (κ1) is 40.5. The maximum Gasteiger partial charge on any atom is 0.165 e. The fraction of sp³-hybridized carbons (Fsp3) is 0. The molecule has 0 saturated carbocycles. The quantitative estimate of drug-likeness (QED) is 0.160. The molecule has 12 aromatic carbocycles. The van der Waals surface area contributed by atoms with Gasteiger partial charge in [0.2, 0.25) is 0 Å². The van der Waals surface area contributed by atoms with Crippen molar-refractivity contribution < 1.29 is 0 Å². The van der Waals surface area contributed by atoms with Crippen LogP contribution in [0.2, 0.25) is 0 Å². The van der Waals surface area contributed by atoms with Crippen LogP contribution in [0.15, 0.2) is 255 Å². The van der Waals surface area contributed by atoms with Crippen LogP contribution < -0.4 is 0 Å². The highest BCUT2D eigenvalue weighted by molar-refractivity contribution is 6.24. The first-order chi connectivity index (χ1) is 35.2. The summed E-state index contributed by atoms with van der Waals surface area (Å²) in [4.78, 5) is 16.3. The summed E-state index contributed by atoms with van der Waals surface area (Å²) in [5.74, 6) is 1.85. The number of nitrogens with zero attached hydrogens (tertiary/aromatic N) is 4. The summed E-state index contributed by atoms with van der Waals surface area (Å²) >= 11 is 0. The summed E-state index contributed by atoms with van der Waals surface area (Å²) in [7, 11) is 0. The Kier molecular flexibility index (Phi) is 9.49. The molecule has 14 rings (SSSR count). The maximum atomic E-state index is 5.54. The van der Waals surface area contributed by atoms with Crippen LogP contribution in [0.5, 0.6) is 0 Å². The molecular formula is C67H42N4. The van der Waals surface area contributed by atoms with E-state index >= 15 is 0 Å². The molecule has 4 nitrogen and oxygen atoms in total. The van der Waals surface area contributed by atoms with Crippen LogP contribution in [0.4, 0.5) is 0 Å². The molecule has 0 radical (unpaired) electrons. The lowest BCUT2D eigenvalue weighted by molar-refractivity contribution is 1.08. The monoisotopic (exact) mass is 902 g/mol. The number of fused-ring (bicyclic) bond motifs is 8. The summed E-state index contributed by atoms with van der Waals surface area (Å²) in [6.45, 7) is 0. The Morgan fingerprint density at radius 1 is 0.254 bits per heavy atom. The van der Waals surface area contributed by atoms with Gasteiger partial charge in [0.15, 0.2) is 17.5 Å². The van der Waals surface area contributed by atoms with E-state index in [4.69, 9.17) is 15.0 Å². The van der Waals surface area contributed by atoms with E-state index in [1.54, 1.807) is 0 Å². The van der Waals surface area contributed by atoms with E-state index in [1.807, 2.05) is 18.2 Å². The van der Waals surface area contributed by atoms with Gasteiger partial charge in [-0.25, -0.2) is 15.0 Å². The van der Waals surface area contributed by atoms with Crippen molar-refractivity contribution in [2.45, 2.75) is 0 Å². The normalized spacial score (nSPS) is 11.7. The summed E-state index contributed by atoms with van der Waals surface area (Å²) in [5, 5.41) is 11.6. The van der Waals surface area contributed by atoms with Crippen molar-refractivity contribution in [3.8, 4) is 73.2 Å². The molecule has 2 aromatic heterocycles. The third kappa shape index (κ3) is 6.88. The fourth-order valence-corrected chi connectivity index (χ4v) is 10.8. The SMILES string of the molecule is c1ccc(-c2cccc(-c3ccc4c(-c5nc(-c6ccccc6)nc(-c6cccc7ccccc67)n5)c(-c5ccccc5)cc(-n5c6cc7ccccc7cc6c6c7ccccc7ccc65)c4c3)c2)cc1. The summed E-state index contributed by atoms with van der Waals surface area (Å²) in [5.41, 5.74) is 12.9. The lowest BCUT2D eigenvalue weighted by Gasteiger charge is -2.20. The standard InChI is InChI=1S/C67H42N4/c1-4-18-43(19-5-1)48-29-16-30-49(38-48)52-34-36-55-58(39-52)62(71-60-37-35-46-23-13-15-32-54(46)63(60)59-40-50-26-10-11-27-51(50)41-61(59)71)42-57(45-20-6-2-7-21-45)64(55)67-69-65(47-24-8-3-9-25-47)68-66(70-67)56-33-17-28-44-22-12-14-31-53(44)56/h1-42H. The molecule has 0 N–H and O–H groups in total. The highest BCUT2D eigenvalue weighted by atomic mass is 15.0. The van der Waals surface area contributed by atoms with Gasteiger partial charge in [-0.15, -0.1) is 0 Å². The van der Waals surface area contributed by atoms with Gasteiger partial charge >= 0.3 is 0 Å². The second-order valence-electron chi connectivity index (χ2n) is 18.3. The highest BCUT2D eigenvalue weighted by Crippen LogP contribution is 2.46. The van der Waals surface area contributed by atoms with Gasteiger partial charge in [-0.1, -0.05) is 218 Å². The van der Waals surface area contributed by atoms with Gasteiger partial charge in [0, 0.05) is 32.8 Å². The summed E-state index contributed by atoms with van der Waals surface area (Å²) in [6.07, 6.45) is 0. The number of hydrogen-bond donors (Lipinski definition) is 0. The third-order valence-corrected chi connectivity index (χ3v) is 14.2. The molecule has 71 heavy (non-hydrogen) atoms. The van der Waals surface area contributed by atoms with Crippen LogP contribution in [-0.2, 0) is 0 Å². The van der Waals surface area contributed by atoms with Crippen molar-refractivity contribution in [3.05, 3.63) is 255 Å². The predicted octanol–water partition coefficient (Wildman–Crippen LogP) is 17.6. The lowest BCUT2D eigenvalue weighted by atomic mass is 9.90. The average Bonchev–Trinajstić information content (AvgIpc) is 3.77. The van der Waals surface area contributed by atoms with Gasteiger partial charge in [-0.3, -0.25) is 0 Å². The molecule has 4 heteroatoms. The zero-order valence-corrected chi connectivity index (χ0v) is 38.5. The molecule has 0 unspecified atom stereocenters. The van der Waals surface area contributed by atoms with Gasteiger partial charge < -0.3 is 4.57 Å². The van der Waals surface area contributed by atoms with Crippen molar-refractivity contribution >= 4 is 64.9 Å². The van der Waals surface area contributed by atoms with Crippen LogP contribution in [0.3, 0.4) is 0 Å². The minimum absolute atomic E-state index is 0.607. The molecular weight excluding hydrogens is 861 g/mol. The zero-order chi connectivity index (χ0) is 46.8. The second-order valence-corrected chi connectivity index (χ2v) is 18.3. The van der Waals surface area contributed by atoms with Crippen molar-refractivity contribution in [1.82, 2.24) is 19.5 Å². The van der Waals surface area contributed by atoms with Gasteiger partial charge in [0.1, 0.15) is 0 Å². The van der Waals surface area contributed by atoms with Crippen LogP contribution >= 0.6 is 0 Å². The Morgan fingerprint density at radius 2 is 0.803 bits per heavy atom. The van der Waals surface area contributed by atoms with Crippen LogP contribution in [0.25, 0.3) is 138 Å². The van der Waals surface area contributed by atoms with Crippen molar-refractivity contribution in [2.24, 2.45) is 0 Å². The summed E-state index contributed by atoms with van der Waals surface area (Å²) in [6, 6.07) is 91.5. The molecule has 330 valence electrons. The molecule has 0 atom stereocenters. The minimum Gasteiger partial charge on any atom is -0.309 e. The van der Waals surface area contributed by atoms with Crippen molar-refractivity contribution in [2.75, 3.05) is 0 Å². The number of rotatable bonds is 7. The molecule has 0 amide bonds. The van der Waals surface area contributed by atoms with Crippen molar-refractivity contribution in [3.63, 3.8) is 0 Å². The van der Waals surface area contributed by atoms with Crippen LogP contribution in [0, 0.1) is 0 Å². The molecule has 0 fully saturated rings. The Balaban J connectivity index is 1.13. The van der Waals surface area contributed by atoms with E-state index in [0.29, 0.717) is 17.5 Å². The van der Waals surface area contributed by atoms with Gasteiger partial charge in [0.05, 0.1) is 16.7 Å². The largest absolute Gasteiger partial charge is 0.309 e. The summed E-state index contributed by atoms with van der Waals surface area (Å²) < 4.78 is 2.51. The predicted molar refractivity (Wildman–Crippen MR) is 297 cm³/mol. The molecule has 0 bridgehead atoms. The average molecular weight is 903 g/mol. The van der Waals surface area contributed by atoms with E-state index < -0.39 is 0 Å². The molecule has 0 aliphatic rings. The Bertz CT molecular complexity index is 4380. The van der Waals surface area contributed by atoms with Crippen molar-refractivity contribution in [1.29, 1.82) is 0 Å². The first-order valence-electron chi connectivity index (χ1n) is 24.2. The van der Waals surface area contributed by atoms with E-state index in [0.717, 1.165) is 77.2 Å². The van der Waals surface area contributed by atoms with Crippen LogP contribution in [-0.4, -0.2) is 19.5 Å². The maximum absolute atomic E-state index is 5.54. The van der Waals surface area contributed by atoms with E-state index in [-0.39, 0.29) is 0 Å². The first-order valence-corrected chi connectivity index (χ1v) is 24.2. The highest BCUT2D eigenvalue weighted by Gasteiger charge is 2.25. The topological polar surface area (TPSA) is 43.6 Å². The smallest absolute Gasteiger partial charge is 0.165 e. The zero-order valence-electron chi connectivity index (χ0n) is 38.5. The second kappa shape index (κ2) is 16.6. The lowest BCUT2D eigenvalue weighted by Crippen LogP contribution is -2.04. The van der Waals surface area contributed by atoms with E-state index in [2.05, 4.69) is 241 Å². The Morgan fingerprint density at radius 3 is 1.56 bits per heavy atom. The van der Waals surface area contributed by atoms with Crippen LogP contribution in [0.1, 0.15) is 0 Å². The van der Waals surface area contributed by atoms with E-state index in [1.165, 1.54) is 43.4 Å². The Hall–Kier alpha value is -9.51. The van der Waals surface area contributed by atoms with Gasteiger partial charge in [0.25, 0.3) is 0 Å². The number of benzene rings is 12. The number of aromatic nitrogens is 4. The Labute approximate surface area is 410 Å². The molecule has 0 saturated heterocycles. The third-order valence-electron chi connectivity index (χ3n) is 14.2. The fourth-order valence-electron chi connectivity index (χ4n) is 10.8. The minimum atomic E-state index is 0.607. The molecule has 0 aliphatic heterocycles. The van der Waals surface area contributed by atoms with E-state index in [9.17, 15) is 0 Å². The molecule has 14 aromatic rings. The molecule has 2 heterocycles. The van der Waals surface area contributed by atoms with Gasteiger partial charge in [-0.2, -0.15) is 0 Å². The molecule has 0 aliphatic carbocycles.